The van der Waals surface area contributed by atoms with E-state index in [2.05, 4.69) is 20.4 Å². The summed E-state index contributed by atoms with van der Waals surface area (Å²) >= 11 is 2.65. The molecule has 1 N–H and O–H groups in total. The van der Waals surface area contributed by atoms with Crippen molar-refractivity contribution < 1.29 is 14.3 Å². The molecule has 3 aromatic heterocycles. The van der Waals surface area contributed by atoms with Crippen molar-refractivity contribution in [1.29, 1.82) is 0 Å². The van der Waals surface area contributed by atoms with Crippen molar-refractivity contribution in [3.8, 4) is 0 Å². The van der Waals surface area contributed by atoms with Gasteiger partial charge in [-0.15, -0.1) is 16.4 Å². The van der Waals surface area contributed by atoms with Crippen molar-refractivity contribution in [2.45, 2.75) is 25.4 Å². The van der Waals surface area contributed by atoms with Crippen molar-refractivity contribution in [3.63, 3.8) is 0 Å². The zero-order valence-corrected chi connectivity index (χ0v) is 16.3. The van der Waals surface area contributed by atoms with E-state index in [0.717, 1.165) is 17.0 Å². The second-order valence-corrected chi connectivity index (χ2v) is 7.14. The number of anilines is 1. The van der Waals surface area contributed by atoms with Gasteiger partial charge in [0, 0.05) is 17.0 Å². The first-order valence-electron chi connectivity index (χ1n) is 7.67. The van der Waals surface area contributed by atoms with Gasteiger partial charge in [-0.3, -0.25) is 4.79 Å². The summed E-state index contributed by atoms with van der Waals surface area (Å²) in [6.45, 7) is 3.72. The lowest BCUT2D eigenvalue weighted by Crippen LogP contribution is -2.18. The second-order valence-electron chi connectivity index (χ2n) is 5.45. The molecule has 0 aliphatic heterocycles. The standard InChI is InChI=1S/C16H17N5O3S2/c1-8-10(9(2)21-15(17-8)19-16(20-21)25-4)7-12(22)18-11-5-6-26-13(11)14(23)24-3/h5-6H,7H2,1-4H3,(H,18,22). The number of carbonyl (C=O) groups is 2. The van der Waals surface area contributed by atoms with Crippen LogP contribution in [0.5, 0.6) is 0 Å². The van der Waals surface area contributed by atoms with Gasteiger partial charge in [0.2, 0.25) is 11.1 Å². The minimum atomic E-state index is -0.474. The molecule has 0 saturated carbocycles. The summed E-state index contributed by atoms with van der Waals surface area (Å²) in [4.78, 5) is 33.4. The Balaban J connectivity index is 1.86. The van der Waals surface area contributed by atoms with Crippen molar-refractivity contribution >= 4 is 46.4 Å². The molecule has 0 aliphatic carbocycles. The lowest BCUT2D eigenvalue weighted by Gasteiger charge is -2.11. The summed E-state index contributed by atoms with van der Waals surface area (Å²) in [5, 5.41) is 9.50. The summed E-state index contributed by atoms with van der Waals surface area (Å²) in [6, 6.07) is 1.68. The fourth-order valence-corrected chi connectivity index (χ4v) is 3.65. The molecule has 136 valence electrons. The lowest BCUT2D eigenvalue weighted by atomic mass is 10.1. The first kappa shape index (κ1) is 18.3. The van der Waals surface area contributed by atoms with E-state index < -0.39 is 5.97 Å². The van der Waals surface area contributed by atoms with Gasteiger partial charge in [-0.2, -0.15) is 4.98 Å². The summed E-state index contributed by atoms with van der Waals surface area (Å²) in [5.41, 5.74) is 2.77. The number of ether oxygens (including phenoxy) is 1. The van der Waals surface area contributed by atoms with Gasteiger partial charge in [-0.1, -0.05) is 11.8 Å². The Labute approximate surface area is 158 Å². The predicted molar refractivity (Wildman–Crippen MR) is 100 cm³/mol. The molecule has 3 aromatic rings. The number of rotatable bonds is 5. The van der Waals surface area contributed by atoms with Crippen molar-refractivity contribution in [2.24, 2.45) is 0 Å². The Morgan fingerprint density at radius 3 is 2.81 bits per heavy atom. The minimum Gasteiger partial charge on any atom is -0.465 e. The molecule has 0 aromatic carbocycles. The molecule has 0 unspecified atom stereocenters. The Kier molecular flexibility index (Phi) is 5.23. The molecule has 26 heavy (non-hydrogen) atoms. The molecule has 10 heteroatoms. The van der Waals surface area contributed by atoms with E-state index in [1.807, 2.05) is 20.1 Å². The quantitative estimate of drug-likeness (QED) is 0.527. The molecule has 0 radical (unpaired) electrons. The number of esters is 1. The van der Waals surface area contributed by atoms with Crippen LogP contribution in [0.2, 0.25) is 0 Å². The first-order valence-corrected chi connectivity index (χ1v) is 9.77. The Morgan fingerprint density at radius 1 is 1.35 bits per heavy atom. The molecule has 0 bridgehead atoms. The molecule has 1 amide bonds. The minimum absolute atomic E-state index is 0.117. The van der Waals surface area contributed by atoms with Gasteiger partial charge < -0.3 is 10.1 Å². The van der Waals surface area contributed by atoms with Gasteiger partial charge in [-0.25, -0.2) is 14.3 Å². The van der Waals surface area contributed by atoms with Crippen molar-refractivity contribution in [2.75, 3.05) is 18.7 Å². The maximum Gasteiger partial charge on any atom is 0.350 e. The highest BCUT2D eigenvalue weighted by Gasteiger charge is 2.19. The smallest absolute Gasteiger partial charge is 0.350 e. The van der Waals surface area contributed by atoms with E-state index in [1.165, 1.54) is 30.2 Å². The average molecular weight is 391 g/mol. The van der Waals surface area contributed by atoms with Crippen LogP contribution in [-0.4, -0.2) is 44.8 Å². The molecule has 3 heterocycles. The normalized spacial score (nSPS) is 10.9. The molecular formula is C16H17N5O3S2. The number of nitrogens with zero attached hydrogens (tertiary/aromatic N) is 4. The maximum atomic E-state index is 12.5. The van der Waals surface area contributed by atoms with Crippen LogP contribution in [0.15, 0.2) is 16.6 Å². The summed E-state index contributed by atoms with van der Waals surface area (Å²) in [7, 11) is 1.31. The zero-order valence-electron chi connectivity index (χ0n) is 14.7. The number of nitrogens with one attached hydrogen (secondary N) is 1. The largest absolute Gasteiger partial charge is 0.465 e. The monoisotopic (exact) mass is 391 g/mol. The predicted octanol–water partition coefficient (Wildman–Crippen LogP) is 2.49. The molecule has 3 rings (SSSR count). The molecule has 0 saturated heterocycles. The number of aromatic nitrogens is 4. The number of thioether (sulfide) groups is 1. The van der Waals surface area contributed by atoms with Crippen molar-refractivity contribution in [1.82, 2.24) is 19.6 Å². The van der Waals surface area contributed by atoms with E-state index in [4.69, 9.17) is 4.74 Å². The molecule has 0 fully saturated rings. The Morgan fingerprint density at radius 2 is 2.12 bits per heavy atom. The van der Waals surface area contributed by atoms with E-state index in [0.29, 0.717) is 21.5 Å². The molecule has 0 aliphatic rings. The highest BCUT2D eigenvalue weighted by Crippen LogP contribution is 2.24. The number of fused-ring (bicyclic) bond motifs is 1. The fourth-order valence-electron chi connectivity index (χ4n) is 2.55. The zero-order chi connectivity index (χ0) is 18.8. The summed E-state index contributed by atoms with van der Waals surface area (Å²) in [5.74, 6) is -0.205. The van der Waals surface area contributed by atoms with Crippen LogP contribution >= 0.6 is 23.1 Å². The fraction of sp³-hybridized carbons (Fsp3) is 0.312. The van der Waals surface area contributed by atoms with Crippen LogP contribution in [0.1, 0.15) is 26.6 Å². The molecule has 0 spiro atoms. The molecular weight excluding hydrogens is 374 g/mol. The number of amides is 1. The van der Waals surface area contributed by atoms with Gasteiger partial charge in [0.05, 0.1) is 19.2 Å². The van der Waals surface area contributed by atoms with Crippen LogP contribution in [0.25, 0.3) is 5.78 Å². The van der Waals surface area contributed by atoms with Crippen LogP contribution in [0.3, 0.4) is 0 Å². The second kappa shape index (κ2) is 7.42. The van der Waals surface area contributed by atoms with Gasteiger partial charge in [0.15, 0.2) is 0 Å². The topological polar surface area (TPSA) is 98.5 Å². The van der Waals surface area contributed by atoms with E-state index >= 15 is 0 Å². The third-order valence-electron chi connectivity index (χ3n) is 3.86. The summed E-state index contributed by atoms with van der Waals surface area (Å²) < 4.78 is 6.37. The number of methoxy groups -OCH3 is 1. The first-order chi connectivity index (χ1) is 12.4. The Hall–Kier alpha value is -2.46. The highest BCUT2D eigenvalue weighted by atomic mass is 32.2. The SMILES string of the molecule is COC(=O)c1sccc1NC(=O)Cc1c(C)nc2nc(SC)nn2c1C. The molecule has 8 nitrogen and oxygen atoms in total. The Bertz CT molecular complexity index is 995. The van der Waals surface area contributed by atoms with Gasteiger partial charge in [-0.05, 0) is 31.5 Å². The van der Waals surface area contributed by atoms with Gasteiger partial charge in [0.1, 0.15) is 4.88 Å². The lowest BCUT2D eigenvalue weighted by molar-refractivity contribution is -0.115. The number of thiophene rings is 1. The third-order valence-corrected chi connectivity index (χ3v) is 5.29. The number of hydrogen-bond acceptors (Lipinski definition) is 8. The van der Waals surface area contributed by atoms with Crippen LogP contribution in [0.4, 0.5) is 5.69 Å². The van der Waals surface area contributed by atoms with Gasteiger partial charge in [0.25, 0.3) is 5.78 Å². The van der Waals surface area contributed by atoms with E-state index in [9.17, 15) is 9.59 Å². The third kappa shape index (κ3) is 3.42. The van der Waals surface area contributed by atoms with Crippen LogP contribution < -0.4 is 5.32 Å². The van der Waals surface area contributed by atoms with E-state index in [-0.39, 0.29) is 12.3 Å². The number of hydrogen-bond donors (Lipinski definition) is 1. The summed E-state index contributed by atoms with van der Waals surface area (Å²) in [6.07, 6.45) is 2.01. The number of carbonyl (C=O) groups excluding carboxylic acids is 2. The maximum absolute atomic E-state index is 12.5. The van der Waals surface area contributed by atoms with Crippen LogP contribution in [0, 0.1) is 13.8 Å². The average Bonchev–Trinajstić information content (AvgIpc) is 3.24. The van der Waals surface area contributed by atoms with E-state index in [1.54, 1.807) is 16.0 Å². The molecule has 0 atom stereocenters. The van der Waals surface area contributed by atoms with Crippen molar-refractivity contribution in [3.05, 3.63) is 33.3 Å². The van der Waals surface area contributed by atoms with Crippen LogP contribution in [-0.2, 0) is 16.0 Å². The van der Waals surface area contributed by atoms with Gasteiger partial charge >= 0.3 is 5.97 Å². The highest BCUT2D eigenvalue weighted by molar-refractivity contribution is 7.98. The number of aryl methyl sites for hydroxylation is 2.